The largest absolute Gasteiger partial charge is 0.310 e. The van der Waals surface area contributed by atoms with Crippen LogP contribution in [0.1, 0.15) is 22.6 Å². The monoisotopic (exact) mass is 831 g/mol. The highest BCUT2D eigenvalue weighted by Crippen LogP contribution is 2.41. The standard InChI is InChI=1S/C62H45N3/c1-5-17-47(18-6-1)56(48-35-39-61-57(42-48)54-25-13-15-27-59(54)64(61)50-21-9-3-10-22-50)41-44-29-31-45(32-30-44)46-33-36-52(37-34-46)63(49-19-7-2-8-20-49)53-38-40-62-58(43-53)55-26-14-16-28-60(55)65(62)51-23-11-4-12-24-51/h1-40,42-43,56H,41H2. The predicted molar refractivity (Wildman–Crippen MR) is 274 cm³/mol. The van der Waals surface area contributed by atoms with Crippen molar-refractivity contribution in [3.05, 3.63) is 271 Å². The molecule has 3 heteroatoms. The lowest BCUT2D eigenvalue weighted by molar-refractivity contribution is 0.806. The highest BCUT2D eigenvalue weighted by atomic mass is 15.1. The molecule has 1 atom stereocenters. The molecule has 10 aromatic carbocycles. The second-order valence-electron chi connectivity index (χ2n) is 16.9. The SMILES string of the molecule is c1ccc(C(Cc2ccc(-c3ccc(N(c4ccccc4)c4ccc5c(c4)c4ccccc4n5-c4ccccc4)cc3)cc2)c2ccc3c(c2)c2ccccc2n3-c2ccccc2)cc1. The van der Waals surface area contributed by atoms with E-state index in [0.717, 1.165) is 29.2 Å². The summed E-state index contributed by atoms with van der Waals surface area (Å²) in [6.07, 6.45) is 0.895. The number of fused-ring (bicyclic) bond motifs is 6. The smallest absolute Gasteiger partial charge is 0.0542 e. The molecule has 0 aliphatic heterocycles. The Hall–Kier alpha value is -8.40. The highest BCUT2D eigenvalue weighted by molar-refractivity contribution is 6.11. The average Bonchev–Trinajstić information content (AvgIpc) is 3.89. The van der Waals surface area contributed by atoms with E-state index in [-0.39, 0.29) is 5.92 Å². The molecule has 2 aromatic heterocycles. The summed E-state index contributed by atoms with van der Waals surface area (Å²) in [5.74, 6) is 0.197. The first-order valence-electron chi connectivity index (χ1n) is 22.5. The van der Waals surface area contributed by atoms with E-state index in [4.69, 9.17) is 0 Å². The van der Waals surface area contributed by atoms with E-state index < -0.39 is 0 Å². The molecule has 1 unspecified atom stereocenters. The van der Waals surface area contributed by atoms with Crippen molar-refractivity contribution in [2.75, 3.05) is 4.90 Å². The van der Waals surface area contributed by atoms with E-state index in [1.54, 1.807) is 0 Å². The molecule has 12 rings (SSSR count). The van der Waals surface area contributed by atoms with Crippen LogP contribution >= 0.6 is 0 Å². The van der Waals surface area contributed by atoms with Gasteiger partial charge in [-0.25, -0.2) is 0 Å². The first kappa shape index (κ1) is 38.3. The van der Waals surface area contributed by atoms with Crippen molar-refractivity contribution in [2.45, 2.75) is 12.3 Å². The maximum Gasteiger partial charge on any atom is 0.0542 e. The van der Waals surface area contributed by atoms with Gasteiger partial charge in [-0.15, -0.1) is 0 Å². The second-order valence-corrected chi connectivity index (χ2v) is 16.9. The summed E-state index contributed by atoms with van der Waals surface area (Å²) in [6, 6.07) is 92.7. The Bertz CT molecular complexity index is 3590. The molecule has 0 aliphatic carbocycles. The van der Waals surface area contributed by atoms with Crippen molar-refractivity contribution >= 4 is 60.7 Å². The molecular weight excluding hydrogens is 787 g/mol. The van der Waals surface area contributed by atoms with E-state index in [0.29, 0.717) is 0 Å². The van der Waals surface area contributed by atoms with E-state index >= 15 is 0 Å². The van der Waals surface area contributed by atoms with Crippen LogP contribution in [0.5, 0.6) is 0 Å². The minimum absolute atomic E-state index is 0.197. The van der Waals surface area contributed by atoms with Gasteiger partial charge in [-0.3, -0.25) is 0 Å². The Morgan fingerprint density at radius 1 is 0.308 bits per heavy atom. The number of hydrogen-bond acceptors (Lipinski definition) is 1. The van der Waals surface area contributed by atoms with Gasteiger partial charge in [0.2, 0.25) is 0 Å². The second kappa shape index (κ2) is 16.4. The summed E-state index contributed by atoms with van der Waals surface area (Å²) in [4.78, 5) is 2.36. The van der Waals surface area contributed by atoms with Crippen molar-refractivity contribution < 1.29 is 0 Å². The number of hydrogen-bond donors (Lipinski definition) is 0. The first-order chi connectivity index (χ1) is 32.2. The molecule has 0 saturated carbocycles. The van der Waals surface area contributed by atoms with Gasteiger partial charge in [-0.05, 0) is 125 Å². The Morgan fingerprint density at radius 3 is 1.32 bits per heavy atom. The van der Waals surface area contributed by atoms with Crippen molar-refractivity contribution in [2.24, 2.45) is 0 Å². The number of benzene rings is 10. The molecule has 65 heavy (non-hydrogen) atoms. The molecule has 3 nitrogen and oxygen atoms in total. The molecule has 0 aliphatic rings. The molecular formula is C62H45N3. The minimum atomic E-state index is 0.197. The highest BCUT2D eigenvalue weighted by Gasteiger charge is 2.20. The van der Waals surface area contributed by atoms with Crippen LogP contribution in [0, 0.1) is 0 Å². The van der Waals surface area contributed by atoms with Gasteiger partial charge in [0.15, 0.2) is 0 Å². The number of rotatable bonds is 10. The fourth-order valence-electron chi connectivity index (χ4n) is 10.0. The Balaban J connectivity index is 0.862. The fourth-order valence-corrected chi connectivity index (χ4v) is 10.0. The molecule has 0 N–H and O–H groups in total. The summed E-state index contributed by atoms with van der Waals surface area (Å²) < 4.78 is 4.76. The third-order valence-corrected chi connectivity index (χ3v) is 13.1. The Labute approximate surface area is 379 Å². The normalized spacial score (nSPS) is 12.0. The molecule has 308 valence electrons. The number of para-hydroxylation sites is 5. The third kappa shape index (κ3) is 6.95. The summed E-state index contributed by atoms with van der Waals surface area (Å²) in [5.41, 5.74) is 16.9. The Kier molecular flexibility index (Phi) is 9.65. The molecule has 2 heterocycles. The zero-order valence-electron chi connectivity index (χ0n) is 35.9. The van der Waals surface area contributed by atoms with E-state index in [9.17, 15) is 0 Å². The predicted octanol–water partition coefficient (Wildman–Crippen LogP) is 16.4. The van der Waals surface area contributed by atoms with Crippen LogP contribution in [-0.4, -0.2) is 9.13 Å². The third-order valence-electron chi connectivity index (χ3n) is 13.1. The van der Waals surface area contributed by atoms with Gasteiger partial charge in [-0.2, -0.15) is 0 Å². The van der Waals surface area contributed by atoms with Crippen LogP contribution in [0.25, 0.3) is 66.1 Å². The summed E-state index contributed by atoms with van der Waals surface area (Å²) in [7, 11) is 0. The maximum absolute atomic E-state index is 2.43. The zero-order valence-corrected chi connectivity index (χ0v) is 35.9. The van der Waals surface area contributed by atoms with Gasteiger partial charge in [-0.1, -0.05) is 164 Å². The fraction of sp³-hybridized carbons (Fsp3) is 0.0323. The molecule has 0 spiro atoms. The molecule has 0 fully saturated rings. The Morgan fingerprint density at radius 2 is 0.738 bits per heavy atom. The zero-order chi connectivity index (χ0) is 43.1. The minimum Gasteiger partial charge on any atom is -0.310 e. The van der Waals surface area contributed by atoms with Crippen molar-refractivity contribution in [3.8, 4) is 22.5 Å². The lowest BCUT2D eigenvalue weighted by Gasteiger charge is -2.26. The van der Waals surface area contributed by atoms with Gasteiger partial charge in [0.1, 0.15) is 0 Å². The number of anilines is 3. The number of aromatic nitrogens is 2. The van der Waals surface area contributed by atoms with Crippen LogP contribution in [0.3, 0.4) is 0 Å². The summed E-state index contributed by atoms with van der Waals surface area (Å²) in [5, 5.41) is 5.02. The van der Waals surface area contributed by atoms with Gasteiger partial charge < -0.3 is 14.0 Å². The van der Waals surface area contributed by atoms with E-state index in [1.165, 1.54) is 77.1 Å². The van der Waals surface area contributed by atoms with E-state index in [1.807, 2.05) is 0 Å². The summed E-state index contributed by atoms with van der Waals surface area (Å²) >= 11 is 0. The van der Waals surface area contributed by atoms with Gasteiger partial charge in [0.05, 0.1) is 22.1 Å². The van der Waals surface area contributed by atoms with Crippen LogP contribution < -0.4 is 4.90 Å². The molecule has 0 bridgehead atoms. The quantitative estimate of drug-likeness (QED) is 0.134. The average molecular weight is 832 g/mol. The molecule has 0 radical (unpaired) electrons. The lowest BCUT2D eigenvalue weighted by Crippen LogP contribution is -2.09. The molecule has 12 aromatic rings. The first-order valence-corrected chi connectivity index (χ1v) is 22.5. The van der Waals surface area contributed by atoms with Crippen LogP contribution in [0.15, 0.2) is 255 Å². The van der Waals surface area contributed by atoms with Crippen LogP contribution in [0.4, 0.5) is 17.1 Å². The number of nitrogens with zero attached hydrogens (tertiary/aromatic N) is 3. The maximum atomic E-state index is 2.43. The topological polar surface area (TPSA) is 13.1 Å². The van der Waals surface area contributed by atoms with Crippen LogP contribution in [-0.2, 0) is 6.42 Å². The molecule has 0 saturated heterocycles. The lowest BCUT2D eigenvalue weighted by atomic mass is 9.85. The van der Waals surface area contributed by atoms with E-state index in [2.05, 4.69) is 269 Å². The van der Waals surface area contributed by atoms with Gasteiger partial charge in [0.25, 0.3) is 0 Å². The van der Waals surface area contributed by atoms with Crippen molar-refractivity contribution in [3.63, 3.8) is 0 Å². The van der Waals surface area contributed by atoms with Crippen molar-refractivity contribution in [1.82, 2.24) is 9.13 Å². The van der Waals surface area contributed by atoms with Gasteiger partial charge in [0, 0.05) is 55.9 Å². The van der Waals surface area contributed by atoms with Gasteiger partial charge >= 0.3 is 0 Å². The van der Waals surface area contributed by atoms with Crippen LogP contribution in [0.2, 0.25) is 0 Å². The molecule has 0 amide bonds. The summed E-state index contributed by atoms with van der Waals surface area (Å²) in [6.45, 7) is 0. The van der Waals surface area contributed by atoms with Crippen molar-refractivity contribution in [1.29, 1.82) is 0 Å².